The van der Waals surface area contributed by atoms with Crippen LogP contribution in [0.2, 0.25) is 0 Å². The van der Waals surface area contributed by atoms with Crippen molar-refractivity contribution in [2.24, 2.45) is 0 Å². The molecule has 20 heavy (non-hydrogen) atoms. The zero-order chi connectivity index (χ0) is 14.9. The second kappa shape index (κ2) is 5.24. The second-order valence-corrected chi connectivity index (χ2v) is 4.27. The summed E-state index contributed by atoms with van der Waals surface area (Å²) in [6.45, 7) is 1.60. The van der Waals surface area contributed by atoms with Crippen molar-refractivity contribution in [3.8, 4) is 0 Å². The number of hydrogen-bond acceptors (Lipinski definition) is 2. The van der Waals surface area contributed by atoms with Crippen LogP contribution in [0, 0.1) is 24.4 Å². The third-order valence-electron chi connectivity index (χ3n) is 2.77. The lowest BCUT2D eigenvalue weighted by Gasteiger charge is -2.10. The van der Waals surface area contributed by atoms with Crippen LogP contribution in [-0.4, -0.2) is 5.91 Å². The molecule has 0 radical (unpaired) electrons. The van der Waals surface area contributed by atoms with E-state index in [1.54, 1.807) is 6.92 Å². The third-order valence-corrected chi connectivity index (χ3v) is 2.77. The molecule has 104 valence electrons. The number of benzene rings is 2. The first-order valence-corrected chi connectivity index (χ1v) is 5.70. The average Bonchev–Trinajstić information content (AvgIpc) is 2.37. The largest absolute Gasteiger partial charge is 0.398 e. The predicted octanol–water partition coefficient (Wildman–Crippen LogP) is 3.25. The molecule has 2 aromatic carbocycles. The zero-order valence-corrected chi connectivity index (χ0v) is 10.5. The van der Waals surface area contributed by atoms with E-state index in [0.29, 0.717) is 11.3 Å². The van der Waals surface area contributed by atoms with Crippen molar-refractivity contribution in [3.05, 3.63) is 58.9 Å². The summed E-state index contributed by atoms with van der Waals surface area (Å²) in [6.07, 6.45) is 0. The molecule has 3 N–H and O–H groups in total. The highest BCUT2D eigenvalue weighted by Gasteiger charge is 2.15. The van der Waals surface area contributed by atoms with E-state index in [1.807, 2.05) is 0 Å². The minimum Gasteiger partial charge on any atom is -0.398 e. The molecule has 0 fully saturated rings. The Hall–Kier alpha value is -2.50. The van der Waals surface area contributed by atoms with Crippen molar-refractivity contribution >= 4 is 17.3 Å². The number of aryl methyl sites for hydroxylation is 1. The lowest BCUT2D eigenvalue weighted by Crippen LogP contribution is -2.15. The van der Waals surface area contributed by atoms with E-state index in [1.165, 1.54) is 18.2 Å². The van der Waals surface area contributed by atoms with Crippen LogP contribution in [0.25, 0.3) is 0 Å². The van der Waals surface area contributed by atoms with E-state index < -0.39 is 23.4 Å². The number of carbonyl (C=O) groups is 1. The monoisotopic (exact) mass is 280 g/mol. The summed E-state index contributed by atoms with van der Waals surface area (Å²) in [7, 11) is 0. The van der Waals surface area contributed by atoms with Crippen LogP contribution >= 0.6 is 0 Å². The zero-order valence-electron chi connectivity index (χ0n) is 10.5. The number of carbonyl (C=O) groups excluding carboxylic acids is 1. The van der Waals surface area contributed by atoms with Gasteiger partial charge in [-0.3, -0.25) is 4.79 Å². The fourth-order valence-electron chi connectivity index (χ4n) is 1.72. The highest BCUT2D eigenvalue weighted by Crippen LogP contribution is 2.21. The number of nitrogens with two attached hydrogens (primary N) is 1. The standard InChI is InChI=1S/C14H11F3N2O/c1-7-4-8(15)2-3-13(7)19-14(20)9-5-10(16)11(17)6-12(9)18/h2-6H,18H2,1H3,(H,19,20). The van der Waals surface area contributed by atoms with Gasteiger partial charge in [-0.25, -0.2) is 13.2 Å². The molecule has 0 unspecified atom stereocenters. The van der Waals surface area contributed by atoms with Crippen LogP contribution in [0.4, 0.5) is 24.5 Å². The molecule has 0 aliphatic heterocycles. The van der Waals surface area contributed by atoms with Gasteiger partial charge in [-0.1, -0.05) is 0 Å². The molecular formula is C14H11F3N2O. The fraction of sp³-hybridized carbons (Fsp3) is 0.0714. The van der Waals surface area contributed by atoms with Gasteiger partial charge in [0.05, 0.1) is 5.56 Å². The molecule has 0 spiro atoms. The lowest BCUT2D eigenvalue weighted by atomic mass is 10.1. The van der Waals surface area contributed by atoms with Gasteiger partial charge in [0.25, 0.3) is 5.91 Å². The van der Waals surface area contributed by atoms with Crippen molar-refractivity contribution in [3.63, 3.8) is 0 Å². The first kappa shape index (κ1) is 13.9. The Labute approximate surface area is 113 Å². The Balaban J connectivity index is 2.31. The van der Waals surface area contributed by atoms with Gasteiger partial charge in [0, 0.05) is 17.4 Å². The molecule has 0 bridgehead atoms. The second-order valence-electron chi connectivity index (χ2n) is 4.27. The summed E-state index contributed by atoms with van der Waals surface area (Å²) in [6, 6.07) is 5.25. The van der Waals surface area contributed by atoms with Crippen molar-refractivity contribution < 1.29 is 18.0 Å². The maximum Gasteiger partial charge on any atom is 0.257 e. The molecule has 3 nitrogen and oxygen atoms in total. The number of hydrogen-bond donors (Lipinski definition) is 2. The summed E-state index contributed by atoms with van der Waals surface area (Å²) in [4.78, 5) is 12.0. The lowest BCUT2D eigenvalue weighted by molar-refractivity contribution is 0.102. The Bertz CT molecular complexity index is 686. The normalized spacial score (nSPS) is 10.4. The van der Waals surface area contributed by atoms with Crippen LogP contribution in [-0.2, 0) is 0 Å². The number of anilines is 2. The third kappa shape index (κ3) is 2.74. The number of amides is 1. The summed E-state index contributed by atoms with van der Waals surface area (Å²) < 4.78 is 39.0. The molecule has 0 saturated heterocycles. The van der Waals surface area contributed by atoms with Crippen molar-refractivity contribution in [2.45, 2.75) is 6.92 Å². The molecule has 6 heteroatoms. The van der Waals surface area contributed by atoms with E-state index in [4.69, 9.17) is 5.73 Å². The van der Waals surface area contributed by atoms with E-state index in [-0.39, 0.29) is 11.3 Å². The Morgan fingerprint density at radius 3 is 2.40 bits per heavy atom. The Morgan fingerprint density at radius 2 is 1.75 bits per heavy atom. The molecule has 0 saturated carbocycles. The van der Waals surface area contributed by atoms with Crippen LogP contribution in [0.15, 0.2) is 30.3 Å². The first-order chi connectivity index (χ1) is 9.38. The number of nitrogens with one attached hydrogen (secondary N) is 1. The summed E-state index contributed by atoms with van der Waals surface area (Å²) >= 11 is 0. The van der Waals surface area contributed by atoms with Crippen LogP contribution in [0.3, 0.4) is 0 Å². The minimum atomic E-state index is -1.17. The van der Waals surface area contributed by atoms with E-state index in [2.05, 4.69) is 5.32 Å². The summed E-state index contributed by atoms with van der Waals surface area (Å²) in [5.74, 6) is -3.43. The molecule has 2 rings (SSSR count). The van der Waals surface area contributed by atoms with E-state index in [0.717, 1.165) is 12.1 Å². The molecule has 0 heterocycles. The van der Waals surface area contributed by atoms with E-state index >= 15 is 0 Å². The molecule has 2 aromatic rings. The molecule has 0 aromatic heterocycles. The maximum absolute atomic E-state index is 13.1. The van der Waals surface area contributed by atoms with Gasteiger partial charge in [0.15, 0.2) is 11.6 Å². The smallest absolute Gasteiger partial charge is 0.257 e. The van der Waals surface area contributed by atoms with Gasteiger partial charge in [-0.05, 0) is 36.8 Å². The van der Waals surface area contributed by atoms with Gasteiger partial charge in [0.1, 0.15) is 5.82 Å². The van der Waals surface area contributed by atoms with Crippen molar-refractivity contribution in [2.75, 3.05) is 11.1 Å². The molecular weight excluding hydrogens is 269 g/mol. The fourth-order valence-corrected chi connectivity index (χ4v) is 1.72. The topological polar surface area (TPSA) is 55.1 Å². The van der Waals surface area contributed by atoms with E-state index in [9.17, 15) is 18.0 Å². The van der Waals surface area contributed by atoms with Gasteiger partial charge >= 0.3 is 0 Å². The van der Waals surface area contributed by atoms with Gasteiger partial charge in [-0.2, -0.15) is 0 Å². The Kier molecular flexibility index (Phi) is 3.65. The first-order valence-electron chi connectivity index (χ1n) is 5.70. The van der Waals surface area contributed by atoms with Crippen LogP contribution < -0.4 is 11.1 Å². The van der Waals surface area contributed by atoms with Gasteiger partial charge in [-0.15, -0.1) is 0 Å². The van der Waals surface area contributed by atoms with Crippen molar-refractivity contribution in [1.82, 2.24) is 0 Å². The van der Waals surface area contributed by atoms with Gasteiger partial charge in [0.2, 0.25) is 0 Å². The number of rotatable bonds is 2. The quantitative estimate of drug-likeness (QED) is 0.830. The summed E-state index contributed by atoms with van der Waals surface area (Å²) in [5.41, 5.74) is 5.97. The number of halogens is 3. The molecule has 0 aliphatic rings. The SMILES string of the molecule is Cc1cc(F)ccc1NC(=O)c1cc(F)c(F)cc1N. The van der Waals surface area contributed by atoms with Crippen LogP contribution in [0.1, 0.15) is 15.9 Å². The summed E-state index contributed by atoms with van der Waals surface area (Å²) in [5, 5.41) is 2.47. The average molecular weight is 280 g/mol. The van der Waals surface area contributed by atoms with Crippen molar-refractivity contribution in [1.29, 1.82) is 0 Å². The predicted molar refractivity (Wildman–Crippen MR) is 69.9 cm³/mol. The van der Waals surface area contributed by atoms with Gasteiger partial charge < -0.3 is 11.1 Å². The molecule has 0 atom stereocenters. The molecule has 1 amide bonds. The minimum absolute atomic E-state index is 0.179. The van der Waals surface area contributed by atoms with Crippen LogP contribution in [0.5, 0.6) is 0 Å². The maximum atomic E-state index is 13.1. The molecule has 0 aliphatic carbocycles. The number of nitrogen functional groups attached to an aromatic ring is 1. The highest BCUT2D eigenvalue weighted by atomic mass is 19.2. The highest BCUT2D eigenvalue weighted by molar-refractivity contribution is 6.08. The Morgan fingerprint density at radius 1 is 1.10 bits per heavy atom.